The number of nitrogens with one attached hydrogen (secondary N) is 2. The van der Waals surface area contributed by atoms with Crippen LogP contribution in [0.3, 0.4) is 0 Å². The van der Waals surface area contributed by atoms with Gasteiger partial charge in [0.25, 0.3) is 0 Å². The summed E-state index contributed by atoms with van der Waals surface area (Å²) in [4.78, 5) is 10.6. The van der Waals surface area contributed by atoms with E-state index in [4.69, 9.17) is 16.7 Å². The van der Waals surface area contributed by atoms with Crippen LogP contribution in [-0.4, -0.2) is 69.8 Å². The molecule has 0 radical (unpaired) electrons. The van der Waals surface area contributed by atoms with Gasteiger partial charge in [-0.25, -0.2) is 26.4 Å². The number of sulfone groups is 1. The molecular formula is C13H17ClN2O7S2. The van der Waals surface area contributed by atoms with Crippen LogP contribution in [0.25, 0.3) is 0 Å². The highest BCUT2D eigenvalue weighted by atomic mass is 35.5. The van der Waals surface area contributed by atoms with E-state index in [1.54, 1.807) is 0 Å². The normalized spacial score (nSPS) is 22.8. The van der Waals surface area contributed by atoms with Gasteiger partial charge in [0.05, 0.1) is 28.2 Å². The van der Waals surface area contributed by atoms with Gasteiger partial charge in [-0.05, 0) is 18.2 Å². The van der Waals surface area contributed by atoms with Crippen molar-refractivity contribution in [2.45, 2.75) is 17.0 Å². The zero-order valence-electron chi connectivity index (χ0n) is 12.8. The Morgan fingerprint density at radius 1 is 1.28 bits per heavy atom. The number of carboxylic acid groups (broad SMARTS) is 1. The molecule has 4 N–H and O–H groups in total. The van der Waals surface area contributed by atoms with Crippen LogP contribution >= 0.6 is 11.6 Å². The minimum absolute atomic E-state index is 0.0761. The van der Waals surface area contributed by atoms with E-state index in [0.717, 1.165) is 6.07 Å². The van der Waals surface area contributed by atoms with Gasteiger partial charge in [-0.3, -0.25) is 0 Å². The largest absolute Gasteiger partial charge is 0.478 e. The molecule has 1 aromatic carbocycles. The van der Waals surface area contributed by atoms with Gasteiger partial charge in [-0.1, -0.05) is 11.6 Å². The number of carbonyl (C=O) groups is 1. The van der Waals surface area contributed by atoms with Gasteiger partial charge < -0.3 is 15.5 Å². The molecule has 1 fully saturated rings. The number of hydrogen-bond acceptors (Lipinski definition) is 7. The molecule has 2 rings (SSSR count). The molecule has 12 heteroatoms. The number of aliphatic hydroxyl groups excluding tert-OH is 1. The molecule has 1 heterocycles. The van der Waals surface area contributed by atoms with Crippen LogP contribution in [0.1, 0.15) is 10.4 Å². The molecule has 1 aliphatic rings. The fourth-order valence-electron chi connectivity index (χ4n) is 2.39. The summed E-state index contributed by atoms with van der Waals surface area (Å²) in [7, 11) is -7.34. The topological polar surface area (TPSA) is 150 Å². The smallest absolute Gasteiger partial charge is 0.335 e. The number of aliphatic hydroxyl groups is 1. The molecule has 0 saturated carbocycles. The zero-order valence-corrected chi connectivity index (χ0v) is 15.2. The molecule has 0 aliphatic carbocycles. The minimum atomic E-state index is -4.05. The molecule has 0 spiro atoms. The highest BCUT2D eigenvalue weighted by molar-refractivity contribution is 7.91. The number of rotatable bonds is 7. The molecule has 0 bridgehead atoms. The zero-order chi connectivity index (χ0) is 18.8. The summed E-state index contributed by atoms with van der Waals surface area (Å²) < 4.78 is 49.5. The van der Waals surface area contributed by atoms with Crippen LogP contribution < -0.4 is 10.0 Å². The van der Waals surface area contributed by atoms with Crippen LogP contribution in [0.5, 0.6) is 0 Å². The third kappa shape index (κ3) is 5.12. The van der Waals surface area contributed by atoms with Gasteiger partial charge in [0, 0.05) is 19.1 Å². The molecule has 1 saturated heterocycles. The van der Waals surface area contributed by atoms with Crippen LogP contribution in [0, 0.1) is 0 Å². The van der Waals surface area contributed by atoms with Crippen molar-refractivity contribution in [3.8, 4) is 0 Å². The van der Waals surface area contributed by atoms with Crippen molar-refractivity contribution in [3.05, 3.63) is 28.8 Å². The number of halogens is 1. The fraction of sp³-hybridized carbons (Fsp3) is 0.462. The predicted octanol–water partition coefficient (Wildman–Crippen LogP) is -0.936. The van der Waals surface area contributed by atoms with E-state index in [-0.39, 0.29) is 40.1 Å². The Hall–Kier alpha value is -1.24. The minimum Gasteiger partial charge on any atom is -0.478 e. The van der Waals surface area contributed by atoms with E-state index in [1.165, 1.54) is 12.1 Å². The Balaban J connectivity index is 1.96. The first-order valence-electron chi connectivity index (χ1n) is 7.16. The van der Waals surface area contributed by atoms with Crippen molar-refractivity contribution in [1.29, 1.82) is 0 Å². The molecule has 140 valence electrons. The SMILES string of the molecule is O=C(O)c1ccc(Cl)c(S(=O)(=O)NCCN[C@@H]2CS(=O)(=O)C[C@@H]2O)c1. The summed E-state index contributed by atoms with van der Waals surface area (Å²) in [5.41, 5.74) is -0.220. The fourth-order valence-corrected chi connectivity index (χ4v) is 5.72. The number of hydrogen-bond donors (Lipinski definition) is 4. The molecule has 0 aromatic heterocycles. The van der Waals surface area contributed by atoms with E-state index < -0.39 is 38.0 Å². The lowest BCUT2D eigenvalue weighted by molar-refractivity contribution is 0.0696. The second kappa shape index (κ2) is 7.56. The van der Waals surface area contributed by atoms with Gasteiger partial charge >= 0.3 is 5.97 Å². The van der Waals surface area contributed by atoms with Gasteiger partial charge in [0.15, 0.2) is 9.84 Å². The van der Waals surface area contributed by atoms with Crippen molar-refractivity contribution in [1.82, 2.24) is 10.0 Å². The number of sulfonamides is 1. The third-order valence-electron chi connectivity index (χ3n) is 3.61. The molecule has 9 nitrogen and oxygen atoms in total. The summed E-state index contributed by atoms with van der Waals surface area (Å²) >= 11 is 5.82. The maximum atomic E-state index is 12.2. The molecule has 0 unspecified atom stereocenters. The van der Waals surface area contributed by atoms with E-state index >= 15 is 0 Å². The summed E-state index contributed by atoms with van der Waals surface area (Å²) in [5.74, 6) is -1.83. The third-order valence-corrected chi connectivity index (χ3v) is 7.27. The van der Waals surface area contributed by atoms with Gasteiger partial charge in [-0.15, -0.1) is 0 Å². The first-order chi connectivity index (χ1) is 11.5. The highest BCUT2D eigenvalue weighted by Gasteiger charge is 2.35. The first-order valence-corrected chi connectivity index (χ1v) is 10.8. The molecule has 2 atom stereocenters. The average molecular weight is 413 g/mol. The monoisotopic (exact) mass is 412 g/mol. The van der Waals surface area contributed by atoms with E-state index in [9.17, 15) is 26.7 Å². The molecule has 1 aliphatic heterocycles. The van der Waals surface area contributed by atoms with Crippen LogP contribution in [0.4, 0.5) is 0 Å². The van der Waals surface area contributed by atoms with Crippen LogP contribution in [0.15, 0.2) is 23.1 Å². The number of aromatic carboxylic acids is 1. The Morgan fingerprint density at radius 3 is 2.52 bits per heavy atom. The quantitative estimate of drug-likeness (QED) is 0.419. The molecule has 0 amide bonds. The summed E-state index contributed by atoms with van der Waals surface area (Å²) in [6, 6.07) is 2.66. The van der Waals surface area contributed by atoms with Crippen molar-refractivity contribution in [2.24, 2.45) is 0 Å². The van der Waals surface area contributed by atoms with Crippen LogP contribution in [-0.2, 0) is 19.9 Å². The summed E-state index contributed by atoms with van der Waals surface area (Å²) in [5, 5.41) is 21.2. The lowest BCUT2D eigenvalue weighted by Gasteiger charge is -2.15. The lowest BCUT2D eigenvalue weighted by atomic mass is 10.2. The predicted molar refractivity (Wildman–Crippen MR) is 90.1 cm³/mol. The van der Waals surface area contributed by atoms with Gasteiger partial charge in [0.2, 0.25) is 10.0 Å². The van der Waals surface area contributed by atoms with E-state index in [0.29, 0.717) is 0 Å². The van der Waals surface area contributed by atoms with Crippen molar-refractivity contribution in [2.75, 3.05) is 24.6 Å². The maximum absolute atomic E-state index is 12.2. The second-order valence-electron chi connectivity index (χ2n) is 5.55. The Labute approximate surface area is 150 Å². The maximum Gasteiger partial charge on any atom is 0.335 e. The van der Waals surface area contributed by atoms with Crippen molar-refractivity contribution < 1.29 is 31.8 Å². The first kappa shape index (κ1) is 20.1. The summed E-state index contributed by atoms with van der Waals surface area (Å²) in [6.07, 6.45) is -1.04. The van der Waals surface area contributed by atoms with Crippen LogP contribution in [0.2, 0.25) is 5.02 Å². The van der Waals surface area contributed by atoms with E-state index in [1.807, 2.05) is 0 Å². The molecule has 1 aromatic rings. The number of benzene rings is 1. The highest BCUT2D eigenvalue weighted by Crippen LogP contribution is 2.22. The number of carboxylic acids is 1. The van der Waals surface area contributed by atoms with E-state index in [2.05, 4.69) is 10.0 Å². The average Bonchev–Trinajstić information content (AvgIpc) is 2.76. The Morgan fingerprint density at radius 2 is 1.96 bits per heavy atom. The van der Waals surface area contributed by atoms with Gasteiger partial charge in [0.1, 0.15) is 4.90 Å². The molecular weight excluding hydrogens is 396 g/mol. The molecule has 25 heavy (non-hydrogen) atoms. The van der Waals surface area contributed by atoms with Crippen molar-refractivity contribution >= 4 is 37.4 Å². The standard InChI is InChI=1S/C13H17ClN2O7S2/c14-9-2-1-8(13(18)19)5-12(9)25(22,23)16-4-3-15-10-6-24(20,21)7-11(10)17/h1-2,5,10-11,15-17H,3-4,6-7H2,(H,18,19)/t10-,11+/m1/s1. The summed E-state index contributed by atoms with van der Waals surface area (Å²) in [6.45, 7) is -0.0219. The van der Waals surface area contributed by atoms with Gasteiger partial charge in [-0.2, -0.15) is 0 Å². The lowest BCUT2D eigenvalue weighted by Crippen LogP contribution is -2.42. The Bertz CT molecular complexity index is 870. The van der Waals surface area contributed by atoms with Crippen molar-refractivity contribution in [3.63, 3.8) is 0 Å². The Kier molecular flexibility index (Phi) is 6.07. The second-order valence-corrected chi connectivity index (χ2v) is 9.85.